The summed E-state index contributed by atoms with van der Waals surface area (Å²) in [4.78, 5) is 0. The molecule has 1 unspecified atom stereocenters. The Hall–Kier alpha value is -2.14. The third kappa shape index (κ3) is 3.49. The Morgan fingerprint density at radius 2 is 1.67 bits per heavy atom. The predicted octanol–water partition coefficient (Wildman–Crippen LogP) is 3.22. The molecule has 1 atom stereocenters. The normalized spacial score (nSPS) is 12.0. The average Bonchev–Trinajstić information content (AvgIpc) is 2.51. The predicted molar refractivity (Wildman–Crippen MR) is 76.5 cm³/mol. The highest BCUT2D eigenvalue weighted by Gasteiger charge is 2.14. The lowest BCUT2D eigenvalue weighted by Crippen LogP contribution is -2.15. The monoisotopic (exact) mass is 293 g/mol. The molecule has 0 spiro atoms. The molecule has 112 valence electrons. The topological polar surface area (TPSA) is 44.5 Å². The summed E-state index contributed by atoms with van der Waals surface area (Å²) in [6.45, 7) is 0. The second kappa shape index (κ2) is 6.54. The van der Waals surface area contributed by atoms with E-state index >= 15 is 0 Å². The highest BCUT2D eigenvalue weighted by molar-refractivity contribution is 5.40. The SMILES string of the molecule is COc1cc(OC)cc(C(N)Cc2cccc(F)c2F)c1. The fourth-order valence-electron chi connectivity index (χ4n) is 2.10. The summed E-state index contributed by atoms with van der Waals surface area (Å²) in [5, 5.41) is 0. The molecule has 0 aliphatic heterocycles. The number of benzene rings is 2. The Morgan fingerprint density at radius 1 is 1.05 bits per heavy atom. The zero-order chi connectivity index (χ0) is 15.4. The van der Waals surface area contributed by atoms with Crippen LogP contribution in [0.2, 0.25) is 0 Å². The fourth-order valence-corrected chi connectivity index (χ4v) is 2.10. The zero-order valence-electron chi connectivity index (χ0n) is 11.9. The van der Waals surface area contributed by atoms with E-state index in [1.165, 1.54) is 26.4 Å². The van der Waals surface area contributed by atoms with E-state index in [1.54, 1.807) is 18.2 Å². The highest BCUT2D eigenvalue weighted by Crippen LogP contribution is 2.27. The lowest BCUT2D eigenvalue weighted by molar-refractivity contribution is 0.392. The van der Waals surface area contributed by atoms with Crippen LogP contribution in [-0.4, -0.2) is 14.2 Å². The van der Waals surface area contributed by atoms with E-state index in [1.807, 2.05) is 0 Å². The minimum atomic E-state index is -0.872. The van der Waals surface area contributed by atoms with Gasteiger partial charge in [-0.05, 0) is 35.7 Å². The van der Waals surface area contributed by atoms with E-state index in [2.05, 4.69) is 0 Å². The van der Waals surface area contributed by atoms with E-state index in [4.69, 9.17) is 15.2 Å². The fraction of sp³-hybridized carbons (Fsp3) is 0.250. The lowest BCUT2D eigenvalue weighted by atomic mass is 9.98. The first-order valence-electron chi connectivity index (χ1n) is 6.46. The Kier molecular flexibility index (Phi) is 4.75. The smallest absolute Gasteiger partial charge is 0.162 e. The summed E-state index contributed by atoms with van der Waals surface area (Å²) < 4.78 is 37.2. The van der Waals surface area contributed by atoms with Gasteiger partial charge in [-0.15, -0.1) is 0 Å². The Balaban J connectivity index is 2.27. The molecule has 0 saturated carbocycles. The zero-order valence-corrected chi connectivity index (χ0v) is 11.9. The van der Waals surface area contributed by atoms with Gasteiger partial charge < -0.3 is 15.2 Å². The van der Waals surface area contributed by atoms with Crippen molar-refractivity contribution in [3.8, 4) is 11.5 Å². The summed E-state index contributed by atoms with van der Waals surface area (Å²) in [7, 11) is 3.08. The van der Waals surface area contributed by atoms with Crippen LogP contribution in [0.5, 0.6) is 11.5 Å². The van der Waals surface area contributed by atoms with E-state index < -0.39 is 17.7 Å². The van der Waals surface area contributed by atoms with Gasteiger partial charge in [0.2, 0.25) is 0 Å². The van der Waals surface area contributed by atoms with Crippen LogP contribution in [0.15, 0.2) is 36.4 Å². The van der Waals surface area contributed by atoms with Crippen LogP contribution in [0.25, 0.3) is 0 Å². The van der Waals surface area contributed by atoms with Gasteiger partial charge in [0, 0.05) is 12.1 Å². The minimum absolute atomic E-state index is 0.180. The summed E-state index contributed by atoms with van der Waals surface area (Å²) in [5.74, 6) is -0.537. The first-order chi connectivity index (χ1) is 10.0. The van der Waals surface area contributed by atoms with Crippen LogP contribution in [0.4, 0.5) is 8.78 Å². The van der Waals surface area contributed by atoms with Gasteiger partial charge >= 0.3 is 0 Å². The van der Waals surface area contributed by atoms with Crippen molar-refractivity contribution in [1.82, 2.24) is 0 Å². The van der Waals surface area contributed by atoms with Gasteiger partial charge in [-0.1, -0.05) is 12.1 Å². The quantitative estimate of drug-likeness (QED) is 0.920. The molecule has 0 fully saturated rings. The molecule has 21 heavy (non-hydrogen) atoms. The summed E-state index contributed by atoms with van der Waals surface area (Å²) in [6.07, 6.45) is 0.180. The van der Waals surface area contributed by atoms with Crippen LogP contribution in [-0.2, 0) is 6.42 Å². The number of methoxy groups -OCH3 is 2. The minimum Gasteiger partial charge on any atom is -0.497 e. The van der Waals surface area contributed by atoms with Gasteiger partial charge in [-0.2, -0.15) is 0 Å². The molecule has 2 aromatic rings. The van der Waals surface area contributed by atoms with Crippen LogP contribution in [0.1, 0.15) is 17.2 Å². The standard InChI is InChI=1S/C16H17F2NO2/c1-20-12-6-11(7-13(9-12)21-2)15(19)8-10-4-3-5-14(17)16(10)18/h3-7,9,15H,8,19H2,1-2H3. The van der Waals surface area contributed by atoms with Crippen molar-refractivity contribution >= 4 is 0 Å². The maximum Gasteiger partial charge on any atom is 0.162 e. The van der Waals surface area contributed by atoms with E-state index in [9.17, 15) is 8.78 Å². The van der Waals surface area contributed by atoms with Crippen molar-refractivity contribution in [2.45, 2.75) is 12.5 Å². The first kappa shape index (κ1) is 15.3. The summed E-state index contributed by atoms with van der Waals surface area (Å²) in [6, 6.07) is 8.81. The van der Waals surface area contributed by atoms with Crippen LogP contribution in [0.3, 0.4) is 0 Å². The van der Waals surface area contributed by atoms with Crippen LogP contribution in [0, 0.1) is 11.6 Å². The molecule has 0 aliphatic carbocycles. The van der Waals surface area contributed by atoms with Crippen molar-refractivity contribution < 1.29 is 18.3 Å². The van der Waals surface area contributed by atoms with Gasteiger partial charge in [0.1, 0.15) is 11.5 Å². The van der Waals surface area contributed by atoms with Crippen LogP contribution < -0.4 is 15.2 Å². The molecule has 0 saturated heterocycles. The van der Waals surface area contributed by atoms with Gasteiger partial charge in [0.05, 0.1) is 14.2 Å². The third-order valence-corrected chi connectivity index (χ3v) is 3.27. The van der Waals surface area contributed by atoms with Gasteiger partial charge in [0.15, 0.2) is 11.6 Å². The molecule has 5 heteroatoms. The number of ether oxygens (including phenoxy) is 2. The molecule has 0 amide bonds. The molecule has 2 rings (SSSR count). The first-order valence-corrected chi connectivity index (χ1v) is 6.46. The largest absolute Gasteiger partial charge is 0.497 e. The van der Waals surface area contributed by atoms with Crippen molar-refractivity contribution in [3.05, 3.63) is 59.2 Å². The molecule has 2 aromatic carbocycles. The molecular formula is C16H17F2NO2. The van der Waals surface area contributed by atoms with Crippen molar-refractivity contribution in [2.75, 3.05) is 14.2 Å². The molecule has 0 radical (unpaired) electrons. The number of hydrogen-bond donors (Lipinski definition) is 1. The molecule has 3 nitrogen and oxygen atoms in total. The number of rotatable bonds is 5. The van der Waals surface area contributed by atoms with E-state index in [-0.39, 0.29) is 12.0 Å². The molecule has 2 N–H and O–H groups in total. The van der Waals surface area contributed by atoms with Crippen molar-refractivity contribution in [2.24, 2.45) is 5.73 Å². The summed E-state index contributed by atoms with van der Waals surface area (Å²) >= 11 is 0. The van der Waals surface area contributed by atoms with Crippen molar-refractivity contribution in [1.29, 1.82) is 0 Å². The van der Waals surface area contributed by atoms with E-state index in [0.29, 0.717) is 11.5 Å². The molecule has 0 aliphatic rings. The van der Waals surface area contributed by atoms with Gasteiger partial charge in [0.25, 0.3) is 0 Å². The Morgan fingerprint density at radius 3 is 2.24 bits per heavy atom. The molecule has 0 bridgehead atoms. The Bertz CT molecular complexity index is 609. The third-order valence-electron chi connectivity index (χ3n) is 3.27. The van der Waals surface area contributed by atoms with Crippen LogP contribution >= 0.6 is 0 Å². The lowest BCUT2D eigenvalue weighted by Gasteiger charge is -2.15. The second-order valence-electron chi connectivity index (χ2n) is 4.67. The molecule has 0 heterocycles. The van der Waals surface area contributed by atoms with Crippen molar-refractivity contribution in [3.63, 3.8) is 0 Å². The Labute approximate surface area is 122 Å². The average molecular weight is 293 g/mol. The second-order valence-corrected chi connectivity index (χ2v) is 4.67. The van der Waals surface area contributed by atoms with E-state index in [0.717, 1.165) is 11.6 Å². The molecule has 0 aromatic heterocycles. The summed E-state index contributed by atoms with van der Waals surface area (Å²) in [5.41, 5.74) is 7.06. The maximum absolute atomic E-state index is 13.7. The number of halogens is 2. The van der Waals surface area contributed by atoms with Gasteiger partial charge in [-0.3, -0.25) is 0 Å². The van der Waals surface area contributed by atoms with Gasteiger partial charge in [-0.25, -0.2) is 8.78 Å². The number of hydrogen-bond acceptors (Lipinski definition) is 3. The highest BCUT2D eigenvalue weighted by atomic mass is 19.2. The molecular weight excluding hydrogens is 276 g/mol. The number of nitrogens with two attached hydrogens (primary N) is 1. The maximum atomic E-state index is 13.7.